The number of aromatic nitrogens is 2. The van der Waals surface area contributed by atoms with Crippen LogP contribution in [-0.2, 0) is 4.74 Å². The van der Waals surface area contributed by atoms with Crippen molar-refractivity contribution < 1.29 is 23.0 Å². The van der Waals surface area contributed by atoms with Crippen molar-refractivity contribution in [2.24, 2.45) is 0 Å². The molecule has 0 radical (unpaired) electrons. The molecule has 0 unspecified atom stereocenters. The number of nitrogens with zero attached hydrogens (tertiary/aromatic N) is 4. The third kappa shape index (κ3) is 6.28. The normalized spacial score (nSPS) is 16.5. The van der Waals surface area contributed by atoms with E-state index in [2.05, 4.69) is 29.6 Å². The Morgan fingerprint density at radius 2 is 1.95 bits per heavy atom. The van der Waals surface area contributed by atoms with Gasteiger partial charge in [0.15, 0.2) is 5.75 Å². The van der Waals surface area contributed by atoms with Crippen molar-refractivity contribution in [1.82, 2.24) is 19.4 Å². The molecule has 0 aliphatic carbocycles. The van der Waals surface area contributed by atoms with Crippen molar-refractivity contribution in [2.75, 3.05) is 39.9 Å². The molecule has 1 saturated heterocycles. The van der Waals surface area contributed by atoms with Gasteiger partial charge in [-0.1, -0.05) is 32.3 Å². The summed E-state index contributed by atoms with van der Waals surface area (Å²) in [6.07, 6.45) is 10.4. The van der Waals surface area contributed by atoms with E-state index in [1.165, 1.54) is 6.07 Å². The lowest BCUT2D eigenvalue weighted by Crippen LogP contribution is -2.36. The Kier molecular flexibility index (Phi) is 10.7. The Hall–Kier alpha value is -3.92. The van der Waals surface area contributed by atoms with Gasteiger partial charge in [0, 0.05) is 32.1 Å². The first-order valence-corrected chi connectivity index (χ1v) is 13.0. The van der Waals surface area contributed by atoms with Crippen LogP contribution in [0.15, 0.2) is 36.4 Å². The van der Waals surface area contributed by atoms with Gasteiger partial charge in [-0.2, -0.15) is 8.78 Å². The molecule has 1 aromatic heterocycles. The average molecular weight is 551 g/mol. The molecule has 3 aromatic rings. The first-order chi connectivity index (χ1) is 19.0. The smallest absolute Gasteiger partial charge is 0.387 e. The van der Waals surface area contributed by atoms with Crippen LogP contribution in [0.2, 0.25) is 0 Å². The van der Waals surface area contributed by atoms with Gasteiger partial charge >= 0.3 is 6.61 Å². The number of carbonyl (C=O) groups excluding carboxylic acids is 1. The number of halogens is 2. The molecule has 0 N–H and O–H groups in total. The maximum Gasteiger partial charge on any atom is 0.387 e. The van der Waals surface area contributed by atoms with E-state index in [0.717, 1.165) is 51.3 Å². The number of fused-ring (bicyclic) bond motifs is 5. The zero-order chi connectivity index (χ0) is 27.9. The number of terminal acetylenes is 1. The van der Waals surface area contributed by atoms with Crippen LogP contribution < -0.4 is 4.74 Å². The van der Waals surface area contributed by atoms with Crippen LogP contribution in [0.1, 0.15) is 61.4 Å². The van der Waals surface area contributed by atoms with Crippen LogP contribution in [0.4, 0.5) is 8.78 Å². The number of amides is 1. The summed E-state index contributed by atoms with van der Waals surface area (Å²) in [5.41, 5.74) is 2.77. The molecular weight excluding hydrogens is 514 g/mol. The monoisotopic (exact) mass is 550 g/mol. The molecular formula is C31H36F2N4O3. The molecule has 40 heavy (non-hydrogen) atoms. The largest absolute Gasteiger partial charge is 0.433 e. The Bertz CT molecular complexity index is 1400. The zero-order valence-corrected chi connectivity index (χ0v) is 22.2. The van der Waals surface area contributed by atoms with Crippen molar-refractivity contribution in [3.05, 3.63) is 53.3 Å². The molecule has 1 fully saturated rings. The lowest BCUT2D eigenvalue weighted by atomic mass is 10.1. The summed E-state index contributed by atoms with van der Waals surface area (Å²) >= 11 is 0. The topological polar surface area (TPSA) is 59.8 Å². The van der Waals surface area contributed by atoms with Crippen molar-refractivity contribution in [3.63, 3.8) is 0 Å². The summed E-state index contributed by atoms with van der Waals surface area (Å²) in [6.45, 7) is 3.44. The second kappa shape index (κ2) is 13.9. The first kappa shape index (κ1) is 30.6. The minimum absolute atomic E-state index is 0. The van der Waals surface area contributed by atoms with E-state index in [-0.39, 0.29) is 36.4 Å². The standard InChI is InChI=1S/C28H30F2N4O3.C2H2.CH4/c1-3-22-26-31-21-12-11-19(8-5-4-6-13-33-14-16-36-17-15-33)18-23(21)34(26)25-20(27(35)32(22)2)9-7-10-24(25)37-28(29)30;1-2;/h7,9-12,18,22,28H,3-4,6,13-17H2,1-2H3;1-2H;1H4/t22-;;/m1../s1. The van der Waals surface area contributed by atoms with Gasteiger partial charge < -0.3 is 14.4 Å². The number of carbonyl (C=O) groups is 1. The van der Waals surface area contributed by atoms with E-state index in [0.29, 0.717) is 23.3 Å². The number of rotatable bonds is 6. The minimum Gasteiger partial charge on any atom is -0.433 e. The van der Waals surface area contributed by atoms with Crippen LogP contribution >= 0.6 is 0 Å². The Morgan fingerprint density at radius 3 is 2.65 bits per heavy atom. The highest BCUT2D eigenvalue weighted by atomic mass is 19.3. The number of para-hydroxylation sites is 1. The van der Waals surface area contributed by atoms with Crippen molar-refractivity contribution in [1.29, 1.82) is 0 Å². The third-order valence-corrected chi connectivity index (χ3v) is 6.93. The van der Waals surface area contributed by atoms with Crippen LogP contribution in [0.3, 0.4) is 0 Å². The van der Waals surface area contributed by atoms with E-state index in [4.69, 9.17) is 14.5 Å². The predicted molar refractivity (Wildman–Crippen MR) is 153 cm³/mol. The SMILES string of the molecule is C.C#C.CC[C@@H]1c2nc3ccc(C#CCCCN4CCOCC4)cc3n2-c2c(OC(F)F)cccc2C(=O)N1C. The van der Waals surface area contributed by atoms with E-state index >= 15 is 0 Å². The van der Waals surface area contributed by atoms with Gasteiger partial charge in [-0.3, -0.25) is 14.3 Å². The lowest BCUT2D eigenvalue weighted by Gasteiger charge is -2.26. The molecule has 0 bridgehead atoms. The number of morpholine rings is 1. The maximum atomic E-state index is 13.3. The average Bonchev–Trinajstić information content (AvgIpc) is 3.28. The Morgan fingerprint density at radius 1 is 1.20 bits per heavy atom. The molecule has 3 heterocycles. The lowest BCUT2D eigenvalue weighted by molar-refractivity contribution is -0.0498. The Labute approximate surface area is 235 Å². The highest BCUT2D eigenvalue weighted by Gasteiger charge is 2.35. The van der Waals surface area contributed by atoms with Gasteiger partial charge in [-0.25, -0.2) is 4.98 Å². The molecule has 2 aromatic carbocycles. The number of alkyl halides is 2. The van der Waals surface area contributed by atoms with E-state index in [1.54, 1.807) is 28.6 Å². The number of hydrogen-bond donors (Lipinski definition) is 0. The molecule has 0 saturated carbocycles. The molecule has 1 amide bonds. The van der Waals surface area contributed by atoms with Crippen molar-refractivity contribution in [2.45, 2.75) is 46.3 Å². The molecule has 5 rings (SSSR count). The second-order valence-corrected chi connectivity index (χ2v) is 9.24. The number of imidazole rings is 1. The van der Waals surface area contributed by atoms with Crippen LogP contribution in [0.25, 0.3) is 16.7 Å². The summed E-state index contributed by atoms with van der Waals surface area (Å²) in [6, 6.07) is 10.0. The zero-order valence-electron chi connectivity index (χ0n) is 22.2. The highest BCUT2D eigenvalue weighted by molar-refractivity contribution is 6.00. The molecule has 2 aliphatic heterocycles. The fraction of sp³-hybridized carbons (Fsp3) is 0.419. The summed E-state index contributed by atoms with van der Waals surface area (Å²) in [4.78, 5) is 22.2. The number of hydrogen-bond acceptors (Lipinski definition) is 5. The third-order valence-electron chi connectivity index (χ3n) is 6.93. The van der Waals surface area contributed by atoms with Crippen molar-refractivity contribution in [3.8, 4) is 36.1 Å². The number of benzene rings is 2. The molecule has 7 nitrogen and oxygen atoms in total. The Balaban J connectivity index is 0.00000144. The van der Waals surface area contributed by atoms with Crippen LogP contribution in [0.5, 0.6) is 5.75 Å². The molecule has 1 atom stereocenters. The summed E-state index contributed by atoms with van der Waals surface area (Å²) in [7, 11) is 1.71. The molecule has 9 heteroatoms. The highest BCUT2D eigenvalue weighted by Crippen LogP contribution is 2.40. The number of unbranched alkanes of at least 4 members (excludes halogenated alkanes) is 1. The minimum atomic E-state index is -3.03. The fourth-order valence-electron chi connectivity index (χ4n) is 5.09. The quantitative estimate of drug-likeness (QED) is 0.299. The first-order valence-electron chi connectivity index (χ1n) is 13.0. The van der Waals surface area contributed by atoms with Gasteiger partial charge in [0.25, 0.3) is 5.91 Å². The van der Waals surface area contributed by atoms with E-state index < -0.39 is 6.61 Å². The van der Waals surface area contributed by atoms with Gasteiger partial charge in [-0.05, 0) is 49.7 Å². The molecule has 0 spiro atoms. The van der Waals surface area contributed by atoms with E-state index in [9.17, 15) is 13.6 Å². The van der Waals surface area contributed by atoms with E-state index in [1.807, 2.05) is 25.1 Å². The molecule has 2 aliphatic rings. The predicted octanol–water partition coefficient (Wildman–Crippen LogP) is 5.51. The van der Waals surface area contributed by atoms with Gasteiger partial charge in [0.1, 0.15) is 11.5 Å². The molecule has 212 valence electrons. The summed E-state index contributed by atoms with van der Waals surface area (Å²) in [5.74, 6) is 6.77. The van der Waals surface area contributed by atoms with Gasteiger partial charge in [0.05, 0.1) is 35.9 Å². The number of ether oxygens (including phenoxy) is 2. The fourth-order valence-corrected chi connectivity index (χ4v) is 5.09. The maximum absolute atomic E-state index is 13.3. The van der Waals surface area contributed by atoms with Crippen LogP contribution in [0, 0.1) is 24.7 Å². The van der Waals surface area contributed by atoms with Gasteiger partial charge in [-0.15, -0.1) is 12.8 Å². The second-order valence-electron chi connectivity index (χ2n) is 9.24. The summed E-state index contributed by atoms with van der Waals surface area (Å²) < 4.78 is 38.7. The summed E-state index contributed by atoms with van der Waals surface area (Å²) in [5, 5.41) is 0. The van der Waals surface area contributed by atoms with Crippen LogP contribution in [-0.4, -0.2) is 71.8 Å². The van der Waals surface area contributed by atoms with Crippen molar-refractivity contribution >= 4 is 16.9 Å². The van der Waals surface area contributed by atoms with Gasteiger partial charge in [0.2, 0.25) is 0 Å².